The Balaban J connectivity index is 2.43. The Bertz CT molecular complexity index is 427. The lowest BCUT2D eigenvalue weighted by Gasteiger charge is -2.36. The van der Waals surface area contributed by atoms with Crippen LogP contribution in [-0.2, 0) is 0 Å². The van der Waals surface area contributed by atoms with Crippen LogP contribution < -0.4 is 4.90 Å². The zero-order valence-electron chi connectivity index (χ0n) is 12.2. The first-order valence-electron chi connectivity index (χ1n) is 6.81. The molecule has 2 rings (SSSR count). The van der Waals surface area contributed by atoms with Gasteiger partial charge in [-0.2, -0.15) is 0 Å². The lowest BCUT2D eigenvalue weighted by Crippen LogP contribution is -2.39. The van der Waals surface area contributed by atoms with E-state index in [0.29, 0.717) is 12.5 Å². The van der Waals surface area contributed by atoms with Gasteiger partial charge in [0.05, 0.1) is 0 Å². The molecular formula is C16H25NO. The van der Waals surface area contributed by atoms with E-state index in [9.17, 15) is 5.11 Å². The SMILES string of the molecule is Cc1cc(C)c(N2CC(CO)CC2(C)C)c(C)c1. The van der Waals surface area contributed by atoms with Gasteiger partial charge in [-0.15, -0.1) is 0 Å². The molecule has 0 spiro atoms. The molecule has 1 saturated heterocycles. The highest BCUT2D eigenvalue weighted by molar-refractivity contribution is 5.62. The largest absolute Gasteiger partial charge is 0.396 e. The van der Waals surface area contributed by atoms with E-state index in [-0.39, 0.29) is 5.54 Å². The summed E-state index contributed by atoms with van der Waals surface area (Å²) in [6.45, 7) is 12.4. The molecule has 1 aliphatic heterocycles. The molecule has 0 aliphatic carbocycles. The molecule has 0 aromatic heterocycles. The van der Waals surface area contributed by atoms with Gasteiger partial charge in [0.25, 0.3) is 0 Å². The third kappa shape index (κ3) is 2.26. The molecule has 1 atom stereocenters. The van der Waals surface area contributed by atoms with E-state index in [1.54, 1.807) is 0 Å². The van der Waals surface area contributed by atoms with Gasteiger partial charge in [-0.05, 0) is 52.2 Å². The Labute approximate surface area is 111 Å². The van der Waals surface area contributed by atoms with Crippen LogP contribution in [0, 0.1) is 26.7 Å². The minimum absolute atomic E-state index is 0.137. The smallest absolute Gasteiger partial charge is 0.0477 e. The van der Waals surface area contributed by atoms with E-state index in [1.807, 2.05) is 0 Å². The van der Waals surface area contributed by atoms with E-state index < -0.39 is 0 Å². The van der Waals surface area contributed by atoms with Crippen molar-refractivity contribution in [3.8, 4) is 0 Å². The summed E-state index contributed by atoms with van der Waals surface area (Å²) in [5, 5.41) is 9.42. The molecular weight excluding hydrogens is 222 g/mol. The molecule has 1 fully saturated rings. The van der Waals surface area contributed by atoms with E-state index in [4.69, 9.17) is 0 Å². The van der Waals surface area contributed by atoms with Gasteiger partial charge in [-0.1, -0.05) is 17.7 Å². The summed E-state index contributed by atoms with van der Waals surface area (Å²) >= 11 is 0. The Hall–Kier alpha value is -1.02. The normalized spacial score (nSPS) is 22.6. The van der Waals surface area contributed by atoms with Gasteiger partial charge >= 0.3 is 0 Å². The molecule has 2 nitrogen and oxygen atoms in total. The number of benzene rings is 1. The lowest BCUT2D eigenvalue weighted by atomic mass is 9.95. The van der Waals surface area contributed by atoms with Crippen LogP contribution in [0.25, 0.3) is 0 Å². The summed E-state index contributed by atoms with van der Waals surface area (Å²) in [7, 11) is 0. The highest BCUT2D eigenvalue weighted by Gasteiger charge is 2.39. The van der Waals surface area contributed by atoms with Crippen LogP contribution >= 0.6 is 0 Å². The van der Waals surface area contributed by atoms with Crippen LogP contribution in [0.4, 0.5) is 5.69 Å². The molecule has 2 heteroatoms. The number of anilines is 1. The van der Waals surface area contributed by atoms with Gasteiger partial charge < -0.3 is 10.0 Å². The van der Waals surface area contributed by atoms with Gasteiger partial charge in [0, 0.05) is 30.3 Å². The predicted octanol–water partition coefficient (Wildman–Crippen LogP) is 3.21. The molecule has 1 N–H and O–H groups in total. The van der Waals surface area contributed by atoms with Gasteiger partial charge in [0.15, 0.2) is 0 Å². The molecule has 100 valence electrons. The van der Waals surface area contributed by atoms with Crippen LogP contribution in [-0.4, -0.2) is 23.8 Å². The predicted molar refractivity (Wildman–Crippen MR) is 77.3 cm³/mol. The van der Waals surface area contributed by atoms with Crippen LogP contribution in [0.2, 0.25) is 0 Å². The van der Waals surface area contributed by atoms with Crippen molar-refractivity contribution in [3.05, 3.63) is 28.8 Å². The highest BCUT2D eigenvalue weighted by atomic mass is 16.3. The van der Waals surface area contributed by atoms with Crippen LogP contribution in [0.3, 0.4) is 0 Å². The number of hydrogen-bond donors (Lipinski definition) is 1. The minimum Gasteiger partial charge on any atom is -0.396 e. The second-order valence-corrected chi connectivity index (χ2v) is 6.42. The summed E-state index contributed by atoms with van der Waals surface area (Å²) in [5.41, 5.74) is 5.52. The fourth-order valence-electron chi connectivity index (χ4n) is 3.50. The topological polar surface area (TPSA) is 23.5 Å². The molecule has 0 amide bonds. The first kappa shape index (κ1) is 13.4. The summed E-state index contributed by atoms with van der Waals surface area (Å²) in [4.78, 5) is 2.48. The number of aliphatic hydroxyl groups is 1. The van der Waals surface area contributed by atoms with Crippen LogP contribution in [0.5, 0.6) is 0 Å². The Morgan fingerprint density at radius 3 is 2.22 bits per heavy atom. The van der Waals surface area contributed by atoms with Gasteiger partial charge in [-0.25, -0.2) is 0 Å². The third-order valence-corrected chi connectivity index (χ3v) is 4.12. The van der Waals surface area contributed by atoms with E-state index in [0.717, 1.165) is 13.0 Å². The summed E-state index contributed by atoms with van der Waals surface area (Å²) in [6, 6.07) is 4.51. The number of hydrogen-bond acceptors (Lipinski definition) is 2. The minimum atomic E-state index is 0.137. The zero-order valence-corrected chi connectivity index (χ0v) is 12.2. The van der Waals surface area contributed by atoms with E-state index in [2.05, 4.69) is 51.7 Å². The Morgan fingerprint density at radius 2 is 1.78 bits per heavy atom. The average Bonchev–Trinajstić information content (AvgIpc) is 2.53. The van der Waals surface area contributed by atoms with Gasteiger partial charge in [0.2, 0.25) is 0 Å². The van der Waals surface area contributed by atoms with Crippen molar-refractivity contribution in [3.63, 3.8) is 0 Å². The Morgan fingerprint density at radius 1 is 1.22 bits per heavy atom. The summed E-state index contributed by atoms with van der Waals surface area (Å²) < 4.78 is 0. The fourth-order valence-corrected chi connectivity index (χ4v) is 3.50. The molecule has 1 aromatic rings. The standard InChI is InChI=1S/C16H25NO/c1-11-6-12(2)15(13(3)7-11)17-9-14(10-18)8-16(17,4)5/h6-7,14,18H,8-10H2,1-5H3. The monoisotopic (exact) mass is 247 g/mol. The first-order valence-corrected chi connectivity index (χ1v) is 6.81. The molecule has 0 saturated carbocycles. The maximum absolute atomic E-state index is 9.42. The number of nitrogens with zero attached hydrogens (tertiary/aromatic N) is 1. The number of aliphatic hydroxyl groups excluding tert-OH is 1. The van der Waals surface area contributed by atoms with Crippen LogP contribution in [0.1, 0.15) is 37.0 Å². The molecule has 1 unspecified atom stereocenters. The lowest BCUT2D eigenvalue weighted by molar-refractivity contribution is 0.232. The molecule has 1 aromatic carbocycles. The molecule has 1 aliphatic rings. The number of aryl methyl sites for hydroxylation is 3. The van der Waals surface area contributed by atoms with E-state index in [1.165, 1.54) is 22.4 Å². The Kier molecular flexibility index (Phi) is 3.41. The molecule has 18 heavy (non-hydrogen) atoms. The van der Waals surface area contributed by atoms with Crippen molar-refractivity contribution in [1.29, 1.82) is 0 Å². The summed E-state index contributed by atoms with van der Waals surface area (Å²) in [6.07, 6.45) is 1.07. The highest BCUT2D eigenvalue weighted by Crippen LogP contribution is 2.39. The average molecular weight is 247 g/mol. The van der Waals surface area contributed by atoms with Crippen molar-refractivity contribution in [2.75, 3.05) is 18.1 Å². The number of rotatable bonds is 2. The van der Waals surface area contributed by atoms with Crippen molar-refractivity contribution < 1.29 is 5.11 Å². The second-order valence-electron chi connectivity index (χ2n) is 6.42. The molecule has 0 bridgehead atoms. The van der Waals surface area contributed by atoms with E-state index >= 15 is 0 Å². The third-order valence-electron chi connectivity index (χ3n) is 4.12. The molecule has 0 radical (unpaired) electrons. The fraction of sp³-hybridized carbons (Fsp3) is 0.625. The van der Waals surface area contributed by atoms with Crippen molar-refractivity contribution in [2.45, 2.75) is 46.6 Å². The first-order chi connectivity index (χ1) is 8.35. The van der Waals surface area contributed by atoms with Crippen LogP contribution in [0.15, 0.2) is 12.1 Å². The van der Waals surface area contributed by atoms with Crippen molar-refractivity contribution in [1.82, 2.24) is 0 Å². The van der Waals surface area contributed by atoms with Gasteiger partial charge in [-0.3, -0.25) is 0 Å². The second kappa shape index (κ2) is 4.58. The van der Waals surface area contributed by atoms with Gasteiger partial charge in [0.1, 0.15) is 0 Å². The molecule has 1 heterocycles. The van der Waals surface area contributed by atoms with Crippen molar-refractivity contribution in [2.24, 2.45) is 5.92 Å². The van der Waals surface area contributed by atoms with Crippen molar-refractivity contribution >= 4 is 5.69 Å². The zero-order chi connectivity index (χ0) is 13.5. The maximum atomic E-state index is 9.42. The quantitative estimate of drug-likeness (QED) is 0.867. The maximum Gasteiger partial charge on any atom is 0.0477 e. The summed E-state index contributed by atoms with van der Waals surface area (Å²) in [5.74, 6) is 0.403.